The van der Waals surface area contributed by atoms with Crippen LogP contribution in [0.25, 0.3) is 0 Å². The molecule has 1 aromatic rings. The molecule has 1 aliphatic rings. The van der Waals surface area contributed by atoms with Crippen LogP contribution in [0.2, 0.25) is 0 Å². The van der Waals surface area contributed by atoms with E-state index in [1.165, 1.54) is 12.0 Å². The number of benzene rings is 1. The number of hydrogen-bond donors (Lipinski definition) is 0. The van der Waals surface area contributed by atoms with Crippen LogP contribution in [-0.2, 0) is 14.3 Å². The van der Waals surface area contributed by atoms with Crippen molar-refractivity contribution < 1.29 is 23.8 Å². The number of esters is 1. The van der Waals surface area contributed by atoms with Gasteiger partial charge in [-0.25, -0.2) is 9.59 Å². The molecule has 2 rings (SSSR count). The molecule has 0 aliphatic carbocycles. The highest BCUT2D eigenvalue weighted by atomic mass is 16.6. The SMILES string of the molecule is COC(=O)[C@@H]1C[C@H](c2ccccc2OC)CN1C(=O)OC(C)(C)C. The van der Waals surface area contributed by atoms with Gasteiger partial charge >= 0.3 is 12.1 Å². The normalized spacial score (nSPS) is 20.6. The number of ether oxygens (including phenoxy) is 3. The molecular weight excluding hydrogens is 310 g/mol. The largest absolute Gasteiger partial charge is 0.496 e. The molecule has 1 heterocycles. The fraction of sp³-hybridized carbons (Fsp3) is 0.556. The van der Waals surface area contributed by atoms with Crippen molar-refractivity contribution in [1.82, 2.24) is 4.90 Å². The molecule has 2 atom stereocenters. The third-order valence-corrected chi connectivity index (χ3v) is 3.98. The summed E-state index contributed by atoms with van der Waals surface area (Å²) in [6.07, 6.45) is -0.0259. The van der Waals surface area contributed by atoms with Gasteiger partial charge in [0.15, 0.2) is 0 Å². The summed E-state index contributed by atoms with van der Waals surface area (Å²) in [7, 11) is 2.93. The van der Waals surface area contributed by atoms with Crippen LogP contribution in [0.5, 0.6) is 5.75 Å². The molecule has 132 valence electrons. The lowest BCUT2D eigenvalue weighted by atomic mass is 9.95. The van der Waals surface area contributed by atoms with E-state index in [0.29, 0.717) is 13.0 Å². The lowest BCUT2D eigenvalue weighted by Crippen LogP contribution is -2.43. The van der Waals surface area contributed by atoms with Crippen LogP contribution in [0.4, 0.5) is 4.79 Å². The Balaban J connectivity index is 2.27. The summed E-state index contributed by atoms with van der Waals surface area (Å²) in [5, 5.41) is 0. The minimum absolute atomic E-state index is 0.0160. The van der Waals surface area contributed by atoms with E-state index in [4.69, 9.17) is 14.2 Å². The molecule has 0 N–H and O–H groups in total. The quantitative estimate of drug-likeness (QED) is 0.795. The van der Waals surface area contributed by atoms with Gasteiger partial charge in [-0.05, 0) is 38.8 Å². The van der Waals surface area contributed by atoms with Crippen LogP contribution in [0.1, 0.15) is 38.7 Å². The molecule has 0 saturated carbocycles. The van der Waals surface area contributed by atoms with Gasteiger partial charge in [0, 0.05) is 12.5 Å². The predicted molar refractivity (Wildman–Crippen MR) is 89.1 cm³/mol. The van der Waals surface area contributed by atoms with Crippen molar-refractivity contribution in [2.45, 2.75) is 44.8 Å². The lowest BCUT2D eigenvalue weighted by Gasteiger charge is -2.27. The molecule has 24 heavy (non-hydrogen) atoms. The first-order valence-electron chi connectivity index (χ1n) is 7.97. The summed E-state index contributed by atoms with van der Waals surface area (Å²) in [5.74, 6) is 0.299. The number of carbonyl (C=O) groups excluding carboxylic acids is 2. The molecule has 1 fully saturated rings. The van der Waals surface area contributed by atoms with Crippen molar-refractivity contribution in [2.75, 3.05) is 20.8 Å². The van der Waals surface area contributed by atoms with Crippen LogP contribution in [-0.4, -0.2) is 49.4 Å². The number of rotatable bonds is 3. The fourth-order valence-electron chi connectivity index (χ4n) is 2.95. The molecule has 0 radical (unpaired) electrons. The smallest absolute Gasteiger partial charge is 0.411 e. The van der Waals surface area contributed by atoms with E-state index >= 15 is 0 Å². The number of nitrogens with zero attached hydrogens (tertiary/aromatic N) is 1. The van der Waals surface area contributed by atoms with Gasteiger partial charge in [0.25, 0.3) is 0 Å². The Bertz CT molecular complexity index is 608. The van der Waals surface area contributed by atoms with Crippen molar-refractivity contribution in [3.05, 3.63) is 29.8 Å². The highest BCUT2D eigenvalue weighted by Crippen LogP contribution is 2.37. The zero-order chi connectivity index (χ0) is 17.9. The van der Waals surface area contributed by atoms with E-state index in [2.05, 4.69) is 0 Å². The number of amides is 1. The molecule has 1 amide bonds. The Morgan fingerprint density at radius 1 is 1.17 bits per heavy atom. The average molecular weight is 335 g/mol. The van der Waals surface area contributed by atoms with Gasteiger partial charge in [-0.3, -0.25) is 4.90 Å². The van der Waals surface area contributed by atoms with Crippen molar-refractivity contribution in [2.24, 2.45) is 0 Å². The van der Waals surface area contributed by atoms with Crippen LogP contribution in [0, 0.1) is 0 Å². The third-order valence-electron chi connectivity index (χ3n) is 3.98. The van der Waals surface area contributed by atoms with E-state index in [9.17, 15) is 9.59 Å². The molecule has 0 bridgehead atoms. The molecule has 0 spiro atoms. The first-order chi connectivity index (χ1) is 11.3. The van der Waals surface area contributed by atoms with E-state index < -0.39 is 23.7 Å². The number of para-hydroxylation sites is 1. The fourth-order valence-corrected chi connectivity index (χ4v) is 2.95. The molecular formula is C18H25NO5. The van der Waals surface area contributed by atoms with E-state index in [1.54, 1.807) is 27.9 Å². The molecule has 0 unspecified atom stereocenters. The second-order valence-electron chi connectivity index (χ2n) is 6.85. The van der Waals surface area contributed by atoms with Crippen molar-refractivity contribution in [3.63, 3.8) is 0 Å². The minimum atomic E-state index is -0.653. The van der Waals surface area contributed by atoms with Gasteiger partial charge in [0.1, 0.15) is 17.4 Å². The van der Waals surface area contributed by atoms with E-state index in [-0.39, 0.29) is 5.92 Å². The highest BCUT2D eigenvalue weighted by Gasteiger charge is 2.43. The second kappa shape index (κ2) is 7.11. The monoisotopic (exact) mass is 335 g/mol. The summed E-state index contributed by atoms with van der Waals surface area (Å²) < 4.78 is 15.7. The Labute approximate surface area is 142 Å². The van der Waals surface area contributed by atoms with Crippen molar-refractivity contribution in [1.29, 1.82) is 0 Å². The topological polar surface area (TPSA) is 65.1 Å². The zero-order valence-electron chi connectivity index (χ0n) is 14.9. The Morgan fingerprint density at radius 2 is 1.83 bits per heavy atom. The Hall–Kier alpha value is -2.24. The number of hydrogen-bond acceptors (Lipinski definition) is 5. The predicted octanol–water partition coefficient (Wildman–Crippen LogP) is 2.96. The minimum Gasteiger partial charge on any atom is -0.496 e. The van der Waals surface area contributed by atoms with E-state index in [1.807, 2.05) is 24.3 Å². The molecule has 1 saturated heterocycles. The van der Waals surface area contributed by atoms with Crippen molar-refractivity contribution in [3.8, 4) is 5.75 Å². The maximum Gasteiger partial charge on any atom is 0.411 e. The molecule has 6 heteroatoms. The van der Waals surface area contributed by atoms with Crippen LogP contribution in [0.15, 0.2) is 24.3 Å². The van der Waals surface area contributed by atoms with Gasteiger partial charge in [-0.2, -0.15) is 0 Å². The maximum absolute atomic E-state index is 12.5. The summed E-state index contributed by atoms with van der Waals surface area (Å²) in [6, 6.07) is 6.98. The number of likely N-dealkylation sites (tertiary alicyclic amines) is 1. The summed E-state index contributed by atoms with van der Waals surface area (Å²) in [4.78, 5) is 26.1. The number of carbonyl (C=O) groups is 2. The molecule has 1 aliphatic heterocycles. The molecule has 6 nitrogen and oxygen atoms in total. The summed E-state index contributed by atoms with van der Waals surface area (Å²) >= 11 is 0. The summed E-state index contributed by atoms with van der Waals surface area (Å²) in [6.45, 7) is 5.78. The molecule has 0 aromatic heterocycles. The number of methoxy groups -OCH3 is 2. The second-order valence-corrected chi connectivity index (χ2v) is 6.85. The Morgan fingerprint density at radius 3 is 2.42 bits per heavy atom. The average Bonchev–Trinajstić information content (AvgIpc) is 2.97. The lowest BCUT2D eigenvalue weighted by molar-refractivity contribution is -0.145. The van der Waals surface area contributed by atoms with E-state index in [0.717, 1.165) is 11.3 Å². The maximum atomic E-state index is 12.5. The first-order valence-corrected chi connectivity index (χ1v) is 7.97. The van der Waals surface area contributed by atoms with Gasteiger partial charge < -0.3 is 14.2 Å². The van der Waals surface area contributed by atoms with Crippen LogP contribution in [0.3, 0.4) is 0 Å². The third kappa shape index (κ3) is 3.99. The summed E-state index contributed by atoms with van der Waals surface area (Å²) in [5.41, 5.74) is 0.347. The first kappa shape index (κ1) is 18.1. The van der Waals surface area contributed by atoms with Crippen molar-refractivity contribution >= 4 is 12.1 Å². The highest BCUT2D eigenvalue weighted by molar-refractivity contribution is 5.82. The molecule has 1 aromatic carbocycles. The standard InChI is InChI=1S/C18H25NO5/c1-18(2,3)24-17(21)19-11-12(10-14(19)16(20)23-5)13-8-6-7-9-15(13)22-4/h6-9,12,14H,10-11H2,1-5H3/t12-,14-/m0/s1. The van der Waals surface area contributed by atoms with Gasteiger partial charge in [0.2, 0.25) is 0 Å². The van der Waals surface area contributed by atoms with Crippen LogP contribution >= 0.6 is 0 Å². The zero-order valence-corrected chi connectivity index (χ0v) is 14.9. The van der Waals surface area contributed by atoms with Gasteiger partial charge in [-0.1, -0.05) is 18.2 Å². The van der Waals surface area contributed by atoms with Crippen LogP contribution < -0.4 is 4.74 Å². The van der Waals surface area contributed by atoms with Gasteiger partial charge in [0.05, 0.1) is 14.2 Å². The Kier molecular flexibility index (Phi) is 5.36. The van der Waals surface area contributed by atoms with Gasteiger partial charge in [-0.15, -0.1) is 0 Å².